The topological polar surface area (TPSA) is 53.1 Å². The van der Waals surface area contributed by atoms with E-state index in [9.17, 15) is 4.79 Å². The second-order valence-electron chi connectivity index (χ2n) is 3.49. The molecule has 1 heterocycles. The molecule has 0 atom stereocenters. The maximum atomic E-state index is 11.3. The number of H-pyrrole nitrogens is 1. The van der Waals surface area contributed by atoms with Crippen molar-refractivity contribution in [1.82, 2.24) is 4.98 Å². The minimum Gasteiger partial charge on any atom is -0.391 e. The zero-order valence-corrected chi connectivity index (χ0v) is 7.47. The predicted octanol–water partition coefficient (Wildman–Crippen LogP) is 0.746. The Morgan fingerprint density at radius 2 is 2.15 bits per heavy atom. The maximum absolute atomic E-state index is 11.3. The van der Waals surface area contributed by atoms with Crippen molar-refractivity contribution in [2.24, 2.45) is 0 Å². The quantitative estimate of drug-likeness (QED) is 0.668. The van der Waals surface area contributed by atoms with Crippen molar-refractivity contribution in [3.8, 4) is 0 Å². The number of aromatic nitrogens is 1. The van der Waals surface area contributed by atoms with E-state index < -0.39 is 0 Å². The third-order valence-corrected chi connectivity index (χ3v) is 2.59. The molecule has 1 aliphatic rings. The zero-order valence-electron chi connectivity index (χ0n) is 7.47. The van der Waals surface area contributed by atoms with Gasteiger partial charge in [0.25, 0.3) is 5.56 Å². The van der Waals surface area contributed by atoms with E-state index in [-0.39, 0.29) is 12.2 Å². The van der Waals surface area contributed by atoms with Gasteiger partial charge in [-0.3, -0.25) is 4.79 Å². The van der Waals surface area contributed by atoms with Gasteiger partial charge in [0.15, 0.2) is 0 Å². The number of hydrogen-bond acceptors (Lipinski definition) is 2. The molecule has 3 nitrogen and oxygen atoms in total. The van der Waals surface area contributed by atoms with Crippen LogP contribution in [0.2, 0.25) is 0 Å². The van der Waals surface area contributed by atoms with E-state index in [0.29, 0.717) is 5.56 Å². The molecule has 2 N–H and O–H groups in total. The SMILES string of the molecule is O=c1[nH]c2c(cc1CO)CCCC2. The first-order valence-corrected chi connectivity index (χ1v) is 4.66. The predicted molar refractivity (Wildman–Crippen MR) is 49.6 cm³/mol. The summed E-state index contributed by atoms with van der Waals surface area (Å²) in [6.45, 7) is -0.164. The van der Waals surface area contributed by atoms with Crippen molar-refractivity contribution in [1.29, 1.82) is 0 Å². The van der Waals surface area contributed by atoms with Crippen LogP contribution in [0.4, 0.5) is 0 Å². The van der Waals surface area contributed by atoms with Crippen LogP contribution in [0.1, 0.15) is 29.7 Å². The van der Waals surface area contributed by atoms with Crippen LogP contribution in [0.25, 0.3) is 0 Å². The first-order valence-electron chi connectivity index (χ1n) is 4.66. The van der Waals surface area contributed by atoms with E-state index in [1.807, 2.05) is 6.07 Å². The van der Waals surface area contributed by atoms with Crippen LogP contribution in [0, 0.1) is 0 Å². The minimum atomic E-state index is -0.164. The van der Waals surface area contributed by atoms with Gasteiger partial charge in [-0.05, 0) is 37.3 Å². The summed E-state index contributed by atoms with van der Waals surface area (Å²) in [6, 6.07) is 1.84. The number of aliphatic hydroxyl groups excluding tert-OH is 1. The summed E-state index contributed by atoms with van der Waals surface area (Å²) in [5, 5.41) is 8.90. The molecule has 1 aliphatic carbocycles. The van der Waals surface area contributed by atoms with E-state index in [1.54, 1.807) is 0 Å². The lowest BCUT2D eigenvalue weighted by Gasteiger charge is -2.15. The molecule has 0 radical (unpaired) electrons. The Morgan fingerprint density at radius 1 is 1.38 bits per heavy atom. The summed E-state index contributed by atoms with van der Waals surface area (Å²) < 4.78 is 0. The summed E-state index contributed by atoms with van der Waals surface area (Å²) in [5.41, 5.74) is 2.62. The average Bonchev–Trinajstić information content (AvgIpc) is 2.17. The number of fused-ring (bicyclic) bond motifs is 1. The van der Waals surface area contributed by atoms with Crippen molar-refractivity contribution in [2.75, 3.05) is 0 Å². The Hall–Kier alpha value is -1.09. The molecule has 1 aromatic rings. The fourth-order valence-corrected chi connectivity index (χ4v) is 1.84. The molecule has 0 bridgehead atoms. The Kier molecular flexibility index (Phi) is 2.19. The molecule has 0 spiro atoms. The molecular formula is C10H13NO2. The van der Waals surface area contributed by atoms with Gasteiger partial charge in [0.05, 0.1) is 6.61 Å². The number of hydrogen-bond donors (Lipinski definition) is 2. The number of aliphatic hydroxyl groups is 1. The van der Waals surface area contributed by atoms with Gasteiger partial charge < -0.3 is 10.1 Å². The normalized spacial score (nSPS) is 15.5. The monoisotopic (exact) mass is 179 g/mol. The molecule has 2 rings (SSSR count). The summed E-state index contributed by atoms with van der Waals surface area (Å²) in [4.78, 5) is 14.1. The lowest BCUT2D eigenvalue weighted by atomic mass is 9.95. The van der Waals surface area contributed by atoms with E-state index in [1.165, 1.54) is 12.0 Å². The third kappa shape index (κ3) is 1.52. The number of rotatable bonds is 1. The average molecular weight is 179 g/mol. The van der Waals surface area contributed by atoms with Crippen LogP contribution in [0.5, 0.6) is 0 Å². The van der Waals surface area contributed by atoms with Gasteiger partial charge in [0, 0.05) is 11.3 Å². The first kappa shape index (κ1) is 8.51. The Bertz CT molecular complexity index is 368. The summed E-state index contributed by atoms with van der Waals surface area (Å²) in [5.74, 6) is 0. The molecule has 0 aromatic carbocycles. The molecular weight excluding hydrogens is 166 g/mol. The minimum absolute atomic E-state index is 0.136. The van der Waals surface area contributed by atoms with E-state index in [4.69, 9.17) is 5.11 Å². The van der Waals surface area contributed by atoms with Crippen LogP contribution >= 0.6 is 0 Å². The first-order chi connectivity index (χ1) is 6.31. The van der Waals surface area contributed by atoms with Gasteiger partial charge in [-0.15, -0.1) is 0 Å². The van der Waals surface area contributed by atoms with Crippen molar-refractivity contribution >= 4 is 0 Å². The van der Waals surface area contributed by atoms with E-state index in [0.717, 1.165) is 25.0 Å². The van der Waals surface area contributed by atoms with Gasteiger partial charge in [0.1, 0.15) is 0 Å². The van der Waals surface area contributed by atoms with Crippen molar-refractivity contribution in [2.45, 2.75) is 32.3 Å². The van der Waals surface area contributed by atoms with Crippen LogP contribution in [0.15, 0.2) is 10.9 Å². The van der Waals surface area contributed by atoms with E-state index >= 15 is 0 Å². The number of aryl methyl sites for hydroxylation is 2. The Balaban J connectivity index is 2.51. The zero-order chi connectivity index (χ0) is 9.26. The van der Waals surface area contributed by atoms with Crippen LogP contribution in [0.3, 0.4) is 0 Å². The fourth-order valence-electron chi connectivity index (χ4n) is 1.84. The van der Waals surface area contributed by atoms with E-state index in [2.05, 4.69) is 4.98 Å². The molecule has 0 amide bonds. The number of aromatic amines is 1. The molecule has 70 valence electrons. The fraction of sp³-hybridized carbons (Fsp3) is 0.500. The maximum Gasteiger partial charge on any atom is 0.253 e. The largest absolute Gasteiger partial charge is 0.391 e. The molecule has 0 fully saturated rings. The number of pyridine rings is 1. The lowest BCUT2D eigenvalue weighted by molar-refractivity contribution is 0.280. The third-order valence-electron chi connectivity index (χ3n) is 2.59. The standard InChI is InChI=1S/C10H13NO2/c12-6-8-5-7-3-1-2-4-9(7)11-10(8)13/h5,12H,1-4,6H2,(H,11,13). The lowest BCUT2D eigenvalue weighted by Crippen LogP contribution is -2.18. The highest BCUT2D eigenvalue weighted by Gasteiger charge is 2.11. The van der Waals surface area contributed by atoms with Crippen molar-refractivity contribution in [3.63, 3.8) is 0 Å². The van der Waals surface area contributed by atoms with Gasteiger partial charge >= 0.3 is 0 Å². The Morgan fingerprint density at radius 3 is 2.92 bits per heavy atom. The highest BCUT2D eigenvalue weighted by molar-refractivity contribution is 5.27. The van der Waals surface area contributed by atoms with Crippen molar-refractivity contribution in [3.05, 3.63) is 33.2 Å². The van der Waals surface area contributed by atoms with Gasteiger partial charge in [-0.1, -0.05) is 0 Å². The molecule has 0 unspecified atom stereocenters. The van der Waals surface area contributed by atoms with Crippen LogP contribution in [-0.2, 0) is 19.4 Å². The smallest absolute Gasteiger partial charge is 0.253 e. The molecule has 13 heavy (non-hydrogen) atoms. The highest BCUT2D eigenvalue weighted by atomic mass is 16.3. The van der Waals surface area contributed by atoms with Crippen LogP contribution < -0.4 is 5.56 Å². The Labute approximate surface area is 76.4 Å². The molecule has 0 aliphatic heterocycles. The summed E-state index contributed by atoms with van der Waals surface area (Å²) in [6.07, 6.45) is 4.33. The van der Waals surface area contributed by atoms with Crippen molar-refractivity contribution < 1.29 is 5.11 Å². The molecule has 1 aromatic heterocycles. The molecule has 3 heteroatoms. The highest BCUT2D eigenvalue weighted by Crippen LogP contribution is 2.18. The summed E-state index contributed by atoms with van der Waals surface area (Å²) >= 11 is 0. The molecule has 0 saturated heterocycles. The van der Waals surface area contributed by atoms with Gasteiger partial charge in [-0.25, -0.2) is 0 Å². The van der Waals surface area contributed by atoms with Gasteiger partial charge in [-0.2, -0.15) is 0 Å². The van der Waals surface area contributed by atoms with Crippen LogP contribution in [-0.4, -0.2) is 10.1 Å². The second kappa shape index (κ2) is 3.34. The van der Waals surface area contributed by atoms with Gasteiger partial charge in [0.2, 0.25) is 0 Å². The summed E-state index contributed by atoms with van der Waals surface area (Å²) in [7, 11) is 0. The second-order valence-corrected chi connectivity index (χ2v) is 3.49. The number of nitrogens with one attached hydrogen (secondary N) is 1. The molecule has 0 saturated carbocycles.